The quantitative estimate of drug-likeness (QED) is 0.144. The predicted octanol–water partition coefficient (Wildman–Crippen LogP) is 27.7. The molecule has 0 aliphatic heterocycles. The van der Waals surface area contributed by atoms with Crippen LogP contribution in [0.1, 0.15) is 80.8 Å². The van der Waals surface area contributed by atoms with Gasteiger partial charge in [0.05, 0.1) is 44.3 Å². The third-order valence-electron chi connectivity index (χ3n) is 26.2. The molecule has 23 rings (SSSR count). The average Bonchev–Trinajstić information content (AvgIpc) is 1.57. The highest BCUT2D eigenvalue weighted by Gasteiger charge is 2.45. The van der Waals surface area contributed by atoms with Crippen LogP contribution in [0.5, 0.6) is 0 Å². The molecule has 0 bridgehead atoms. The number of aromatic nitrogens is 5. The lowest BCUT2D eigenvalue weighted by molar-refractivity contribution is 0.394. The molecule has 2 atom stereocenters. The van der Waals surface area contributed by atoms with Crippen LogP contribution in [-0.4, -0.2) is 23.7 Å². The Labute approximate surface area is 651 Å². The molecule has 19 aromatic rings. The number of fused-ring (bicyclic) bond motifs is 19. The molecule has 0 saturated carbocycles. The van der Waals surface area contributed by atoms with Crippen molar-refractivity contribution in [3.63, 3.8) is 0 Å². The van der Waals surface area contributed by atoms with E-state index in [1.165, 1.54) is 143 Å². The molecule has 5 nitrogen and oxygen atoms in total. The van der Waals surface area contributed by atoms with Crippen LogP contribution >= 0.6 is 0 Å². The van der Waals surface area contributed by atoms with E-state index in [0.717, 1.165) is 66.9 Å². The third kappa shape index (κ3) is 9.43. The van der Waals surface area contributed by atoms with Crippen LogP contribution in [0, 0.1) is 5.92 Å². The van der Waals surface area contributed by atoms with Crippen molar-refractivity contribution in [1.29, 1.82) is 0 Å². The third-order valence-corrected chi connectivity index (χ3v) is 26.2. The molecule has 4 heterocycles. The van der Waals surface area contributed by atoms with Gasteiger partial charge in [0.2, 0.25) is 0 Å². The first kappa shape index (κ1) is 64.5. The Bertz CT molecular complexity index is 7340. The van der Waals surface area contributed by atoms with E-state index >= 15 is 0 Å². The number of hydrogen-bond donors (Lipinski definition) is 0. The Morgan fingerprint density at radius 2 is 0.652 bits per heavy atom. The first-order chi connectivity index (χ1) is 54.8. The predicted molar refractivity (Wildman–Crippen MR) is 468 cm³/mol. The Morgan fingerprint density at radius 3 is 1.19 bits per heavy atom. The van der Waals surface area contributed by atoms with E-state index < -0.39 is 0 Å². The molecule has 0 spiro atoms. The molecule has 5 heteroatoms. The van der Waals surface area contributed by atoms with Gasteiger partial charge in [-0.05, 0) is 239 Å². The summed E-state index contributed by atoms with van der Waals surface area (Å²) in [6.45, 7) is 14.3. The van der Waals surface area contributed by atoms with E-state index in [0.29, 0.717) is 17.7 Å². The number of benzene rings is 15. The van der Waals surface area contributed by atoms with Gasteiger partial charge in [0.25, 0.3) is 0 Å². The number of nitrogens with zero attached hydrogens (tertiary/aromatic N) is 5. The van der Waals surface area contributed by atoms with Crippen LogP contribution in [0.15, 0.2) is 346 Å². The molecule has 0 amide bonds. The van der Waals surface area contributed by atoms with Gasteiger partial charge in [0.15, 0.2) is 5.82 Å². The summed E-state index contributed by atoms with van der Waals surface area (Å²) in [5.41, 5.74) is 37.1. The van der Waals surface area contributed by atoms with Gasteiger partial charge in [-0.15, -0.1) is 0 Å². The van der Waals surface area contributed by atoms with Crippen molar-refractivity contribution in [3.05, 3.63) is 379 Å². The maximum absolute atomic E-state index is 5.68. The second-order valence-electron chi connectivity index (χ2n) is 33.2. The summed E-state index contributed by atoms with van der Waals surface area (Å²) >= 11 is 0. The average molecular weight is 1430 g/mol. The topological polar surface area (TPSA) is 40.6 Å². The molecule has 0 radical (unpaired) electrons. The monoisotopic (exact) mass is 1430 g/mol. The van der Waals surface area contributed by atoms with Gasteiger partial charge in [0.1, 0.15) is 0 Å². The number of rotatable bonds is 9. The maximum Gasteiger partial charge on any atom is 0.160 e. The van der Waals surface area contributed by atoms with Crippen LogP contribution in [0.25, 0.3) is 183 Å². The molecule has 2 unspecified atom stereocenters. The van der Waals surface area contributed by atoms with E-state index in [9.17, 15) is 0 Å². The Kier molecular flexibility index (Phi) is 13.7. The van der Waals surface area contributed by atoms with Gasteiger partial charge in [-0.3, -0.25) is 0 Å². The summed E-state index contributed by atoms with van der Waals surface area (Å²) in [5.74, 6) is 1.54. The summed E-state index contributed by atoms with van der Waals surface area (Å²) in [6, 6.07) is 120. The van der Waals surface area contributed by atoms with Gasteiger partial charge < -0.3 is 13.7 Å². The van der Waals surface area contributed by atoms with Crippen molar-refractivity contribution < 1.29 is 0 Å². The maximum atomic E-state index is 5.68. The van der Waals surface area contributed by atoms with E-state index in [2.05, 4.69) is 401 Å². The minimum Gasteiger partial charge on any atom is -0.309 e. The lowest BCUT2D eigenvalue weighted by Crippen LogP contribution is -2.24. The van der Waals surface area contributed by atoms with Gasteiger partial charge in [-0.25, -0.2) is 9.97 Å². The molecule has 0 saturated heterocycles. The molecule has 4 aliphatic rings. The molecular formula is C107H77N5. The van der Waals surface area contributed by atoms with E-state index in [1.807, 2.05) is 0 Å². The van der Waals surface area contributed by atoms with Gasteiger partial charge in [0, 0.05) is 82.6 Å². The minimum absolute atomic E-state index is 0.0296. The van der Waals surface area contributed by atoms with Crippen molar-refractivity contribution in [2.45, 2.75) is 63.7 Å². The number of hydrogen-bond acceptors (Lipinski definition) is 2. The Balaban J connectivity index is 0.625. The Hall–Kier alpha value is -13.5. The molecule has 15 aromatic carbocycles. The van der Waals surface area contributed by atoms with Gasteiger partial charge in [-0.2, -0.15) is 0 Å². The highest BCUT2D eigenvalue weighted by Crippen LogP contribution is 2.56. The molecule has 0 N–H and O–H groups in total. The summed E-state index contributed by atoms with van der Waals surface area (Å²) in [5, 5.41) is 8.32. The molecule has 0 fully saturated rings. The smallest absolute Gasteiger partial charge is 0.160 e. The van der Waals surface area contributed by atoms with E-state index in [4.69, 9.17) is 9.97 Å². The van der Waals surface area contributed by atoms with Crippen LogP contribution in [-0.2, 0) is 16.2 Å². The van der Waals surface area contributed by atoms with Crippen LogP contribution in [0.3, 0.4) is 0 Å². The fourth-order valence-corrected chi connectivity index (χ4v) is 20.4. The van der Waals surface area contributed by atoms with Crippen LogP contribution < -0.4 is 0 Å². The first-order valence-corrected chi connectivity index (χ1v) is 39.5. The zero-order valence-electron chi connectivity index (χ0n) is 63.3. The highest BCUT2D eigenvalue weighted by molar-refractivity contribution is 6.13. The fraction of sp³-hybridized carbons (Fsp3) is 0.103. The molecule has 4 aromatic heterocycles. The van der Waals surface area contributed by atoms with Crippen LogP contribution in [0.4, 0.5) is 0 Å². The zero-order valence-corrected chi connectivity index (χ0v) is 63.3. The van der Waals surface area contributed by atoms with Crippen molar-refractivity contribution in [2.24, 2.45) is 5.92 Å². The van der Waals surface area contributed by atoms with Crippen molar-refractivity contribution in [3.8, 4) is 106 Å². The largest absolute Gasteiger partial charge is 0.309 e. The molecule has 4 aliphatic carbocycles. The zero-order chi connectivity index (χ0) is 74.6. The lowest BCUT2D eigenvalue weighted by Gasteiger charge is -2.29. The minimum atomic E-state index is -0.0869. The van der Waals surface area contributed by atoms with E-state index in [1.54, 1.807) is 0 Å². The first-order valence-electron chi connectivity index (χ1n) is 39.5. The highest BCUT2D eigenvalue weighted by atomic mass is 15.0. The lowest BCUT2D eigenvalue weighted by atomic mass is 9.74. The van der Waals surface area contributed by atoms with Crippen LogP contribution in [0.2, 0.25) is 0 Å². The normalized spacial score (nSPS) is 15.9. The summed E-state index contributed by atoms with van der Waals surface area (Å²) in [4.78, 5) is 11.2. The summed E-state index contributed by atoms with van der Waals surface area (Å²) < 4.78 is 7.27. The Morgan fingerprint density at radius 1 is 0.259 bits per heavy atom. The standard InChI is InChI=1S/C107H77N5/c1-105(2)90-28-13-7-22-77(90)80-49-38-71(61-93(80)105)68-42-53-100-86(57-68)83-25-10-16-31-97(83)110(100)74-45-34-64(35-46-74)103-89-60-67(66-20-19-21-76(56-66)112-99-33-18-12-27-85(99)88-59-70(44-55-102(88)112)73-40-51-82-79-24-9-15-30-92(79)107(5,6)95(82)63-73)41-52-96(89)108-104(109-103)65-36-47-75(48-37-65)111-98-32-17-11-26-84(98)87-58-69(43-54-101(87)111)72-39-50-81-78-23-8-14-29-91(78)106(3,4)94(81)62-72/h7-63,77,90H,1-6H3. The number of allylic oxidation sites excluding steroid dienone is 4. The summed E-state index contributed by atoms with van der Waals surface area (Å²) in [7, 11) is 0. The SMILES string of the molecule is CC1(C)c2ccccc2-c2ccc(-c3ccc4c(c3)c3ccccc3n4-c3ccc(-c4nc(-c5ccc(-n6c7ccccc7c7cc(-c8ccc9c(c8)C(C)(C)C8C=CC=CC98)ccc76)cc5)c5cc(-c6cccc(-n7c8ccccc8c8cc(-c9ccc%10c(c9)C(C)(C)c9ccccc9-%10)ccc87)c6)ccc5n4)cc3)cc21. The van der Waals surface area contributed by atoms with Gasteiger partial charge in [-0.1, -0.05) is 260 Å². The molecule has 112 heavy (non-hydrogen) atoms. The number of para-hydroxylation sites is 3. The van der Waals surface area contributed by atoms with E-state index in [-0.39, 0.29) is 16.2 Å². The van der Waals surface area contributed by atoms with Gasteiger partial charge >= 0.3 is 0 Å². The molecule has 530 valence electrons. The van der Waals surface area contributed by atoms with Crippen molar-refractivity contribution >= 4 is 76.3 Å². The van der Waals surface area contributed by atoms with Crippen molar-refractivity contribution in [2.75, 3.05) is 0 Å². The second-order valence-corrected chi connectivity index (χ2v) is 33.2. The second kappa shape index (κ2) is 23.8. The summed E-state index contributed by atoms with van der Waals surface area (Å²) in [6.07, 6.45) is 9.25. The molecular weight excluding hydrogens is 1360 g/mol. The van der Waals surface area contributed by atoms with Crippen molar-refractivity contribution in [1.82, 2.24) is 23.7 Å². The fourth-order valence-electron chi connectivity index (χ4n) is 20.4.